The van der Waals surface area contributed by atoms with Crippen molar-refractivity contribution >= 4 is 11.8 Å². The van der Waals surface area contributed by atoms with Crippen LogP contribution in [0.25, 0.3) is 0 Å². The number of ketones is 1. The summed E-state index contributed by atoms with van der Waals surface area (Å²) in [4.78, 5) is 24.3. The molecule has 0 aliphatic heterocycles. The maximum atomic E-state index is 12.4. The largest absolute Gasteiger partial charge is 0.482 e. The molecule has 5 heteroatoms. The third-order valence-corrected chi connectivity index (χ3v) is 4.34. The van der Waals surface area contributed by atoms with Crippen molar-refractivity contribution in [1.82, 2.24) is 4.57 Å². The average Bonchev–Trinajstić information content (AvgIpc) is 2.86. The number of esters is 1. The molecule has 2 aromatic rings. The molecule has 0 N–H and O–H groups in total. The topological polar surface area (TPSA) is 57.5 Å². The maximum absolute atomic E-state index is 12.4. The monoisotopic (exact) mass is 357 g/mol. The van der Waals surface area contributed by atoms with Crippen molar-refractivity contribution in [2.75, 3.05) is 13.2 Å². The number of hydrogen-bond acceptors (Lipinski definition) is 4. The summed E-state index contributed by atoms with van der Waals surface area (Å²) in [6, 6.07) is 7.84. The highest BCUT2D eigenvalue weighted by Gasteiger charge is 2.18. The van der Waals surface area contributed by atoms with Gasteiger partial charge in [0.15, 0.2) is 13.2 Å². The Hall–Kier alpha value is -2.56. The lowest BCUT2D eigenvalue weighted by molar-refractivity contribution is -0.144. The van der Waals surface area contributed by atoms with E-state index in [4.69, 9.17) is 9.47 Å². The van der Waals surface area contributed by atoms with Crippen LogP contribution >= 0.6 is 0 Å². The van der Waals surface area contributed by atoms with Gasteiger partial charge in [-0.15, -0.1) is 0 Å². The molecule has 0 spiro atoms. The van der Waals surface area contributed by atoms with E-state index in [0.717, 1.165) is 22.5 Å². The Morgan fingerprint density at radius 1 is 1.04 bits per heavy atom. The van der Waals surface area contributed by atoms with E-state index in [0.29, 0.717) is 11.3 Å². The molecule has 0 bridgehead atoms. The number of Topliss-reactive ketones (excluding diaryl/α,β-unsaturated/α-hetero) is 1. The second kappa shape index (κ2) is 8.21. The third-order valence-electron chi connectivity index (χ3n) is 4.34. The highest BCUT2D eigenvalue weighted by atomic mass is 16.6. The van der Waals surface area contributed by atoms with Crippen LogP contribution in [0.15, 0.2) is 24.3 Å². The predicted octanol–water partition coefficient (Wildman–Crippen LogP) is 4.11. The molecule has 26 heavy (non-hydrogen) atoms. The lowest BCUT2D eigenvalue weighted by Gasteiger charge is -2.13. The Bertz CT molecular complexity index is 818. The molecule has 0 atom stereocenters. The first-order valence-electron chi connectivity index (χ1n) is 8.78. The molecule has 0 aliphatic carbocycles. The summed E-state index contributed by atoms with van der Waals surface area (Å²) in [7, 11) is 0. The molecule has 0 aliphatic rings. The van der Waals surface area contributed by atoms with Crippen LogP contribution in [0.4, 0.5) is 0 Å². The van der Waals surface area contributed by atoms with Gasteiger partial charge in [0.05, 0.1) is 0 Å². The summed E-state index contributed by atoms with van der Waals surface area (Å²) in [5, 5.41) is 0. The molecule has 5 nitrogen and oxygen atoms in total. The number of benzene rings is 1. The molecular weight excluding hydrogens is 330 g/mol. The van der Waals surface area contributed by atoms with Crippen LogP contribution in [0.3, 0.4) is 0 Å². The number of hydrogen-bond donors (Lipinski definition) is 0. The number of ether oxygens (including phenoxy) is 2. The van der Waals surface area contributed by atoms with Gasteiger partial charge < -0.3 is 14.0 Å². The molecule has 1 aromatic carbocycles. The molecule has 0 unspecified atom stereocenters. The molecule has 0 radical (unpaired) electrons. The van der Waals surface area contributed by atoms with Crippen LogP contribution in [0.1, 0.15) is 52.8 Å². The Morgan fingerprint density at radius 3 is 2.31 bits per heavy atom. The molecule has 2 rings (SSSR count). The minimum Gasteiger partial charge on any atom is -0.482 e. The zero-order valence-electron chi connectivity index (χ0n) is 16.4. The first kappa shape index (κ1) is 19.8. The van der Waals surface area contributed by atoms with E-state index in [1.165, 1.54) is 0 Å². The Kier molecular flexibility index (Phi) is 6.24. The van der Waals surface area contributed by atoms with Gasteiger partial charge in [0.1, 0.15) is 5.75 Å². The van der Waals surface area contributed by atoms with Crippen LogP contribution in [0.5, 0.6) is 5.75 Å². The Morgan fingerprint density at radius 2 is 1.73 bits per heavy atom. The highest BCUT2D eigenvalue weighted by Crippen LogP contribution is 2.21. The van der Waals surface area contributed by atoms with Crippen molar-refractivity contribution in [1.29, 1.82) is 0 Å². The van der Waals surface area contributed by atoms with Crippen molar-refractivity contribution in [3.8, 4) is 5.75 Å². The van der Waals surface area contributed by atoms with Gasteiger partial charge in [0.2, 0.25) is 5.78 Å². The summed E-state index contributed by atoms with van der Waals surface area (Å²) in [6.45, 7) is 11.4. The zero-order chi connectivity index (χ0) is 19.4. The lowest BCUT2D eigenvalue weighted by atomic mass is 10.1. The van der Waals surface area contributed by atoms with Gasteiger partial charge in [0.25, 0.3) is 0 Å². The number of aryl methyl sites for hydroxylation is 3. The van der Waals surface area contributed by atoms with Crippen LogP contribution in [-0.2, 0) is 9.53 Å². The standard InChI is InChI=1S/C21H27NO4/c1-13(2)22-16(5)10-18(17(22)6)19(23)11-26-21(24)12-25-20-8-7-14(3)9-15(20)4/h7-10,13H,11-12H2,1-6H3. The summed E-state index contributed by atoms with van der Waals surface area (Å²) >= 11 is 0. The summed E-state index contributed by atoms with van der Waals surface area (Å²) in [6.07, 6.45) is 0. The zero-order valence-corrected chi connectivity index (χ0v) is 16.4. The van der Waals surface area contributed by atoms with Gasteiger partial charge in [0, 0.05) is 23.0 Å². The molecule has 0 fully saturated rings. The second-order valence-electron chi connectivity index (χ2n) is 6.89. The van der Waals surface area contributed by atoms with E-state index in [-0.39, 0.29) is 25.0 Å². The first-order chi connectivity index (χ1) is 12.2. The summed E-state index contributed by atoms with van der Waals surface area (Å²) in [5.74, 6) is -0.125. The number of carbonyl (C=O) groups is 2. The molecule has 0 amide bonds. The van der Waals surface area contributed by atoms with E-state index >= 15 is 0 Å². The summed E-state index contributed by atoms with van der Waals surface area (Å²) < 4.78 is 12.7. The lowest BCUT2D eigenvalue weighted by Crippen LogP contribution is -2.20. The van der Waals surface area contributed by atoms with Gasteiger partial charge in [-0.1, -0.05) is 17.7 Å². The number of rotatable bonds is 7. The van der Waals surface area contributed by atoms with E-state index in [1.807, 2.05) is 52.0 Å². The first-order valence-corrected chi connectivity index (χ1v) is 8.78. The van der Waals surface area contributed by atoms with Crippen molar-refractivity contribution in [2.45, 2.75) is 47.6 Å². The fourth-order valence-corrected chi connectivity index (χ4v) is 3.22. The molecule has 0 saturated heterocycles. The second-order valence-corrected chi connectivity index (χ2v) is 6.89. The normalized spacial score (nSPS) is 10.9. The van der Waals surface area contributed by atoms with E-state index in [9.17, 15) is 9.59 Å². The Labute approximate surface area is 154 Å². The average molecular weight is 357 g/mol. The van der Waals surface area contributed by atoms with E-state index in [1.54, 1.807) is 0 Å². The number of aromatic nitrogens is 1. The number of nitrogens with zero attached hydrogens (tertiary/aromatic N) is 1. The molecular formula is C21H27NO4. The minimum absolute atomic E-state index is 0.204. The highest BCUT2D eigenvalue weighted by molar-refractivity contribution is 5.99. The van der Waals surface area contributed by atoms with Crippen molar-refractivity contribution in [3.63, 3.8) is 0 Å². The van der Waals surface area contributed by atoms with Crippen molar-refractivity contribution in [3.05, 3.63) is 52.3 Å². The fraction of sp³-hybridized carbons (Fsp3) is 0.429. The molecule has 1 heterocycles. The van der Waals surface area contributed by atoms with Crippen LogP contribution < -0.4 is 4.74 Å². The third kappa shape index (κ3) is 4.54. The summed E-state index contributed by atoms with van der Waals surface area (Å²) in [5.41, 5.74) is 4.59. The fourth-order valence-electron chi connectivity index (χ4n) is 3.22. The van der Waals surface area contributed by atoms with Crippen LogP contribution in [0.2, 0.25) is 0 Å². The van der Waals surface area contributed by atoms with Gasteiger partial charge in [-0.2, -0.15) is 0 Å². The quantitative estimate of drug-likeness (QED) is 0.553. The minimum atomic E-state index is -0.559. The molecule has 0 saturated carbocycles. The van der Waals surface area contributed by atoms with Crippen molar-refractivity contribution < 1.29 is 19.1 Å². The SMILES string of the molecule is Cc1ccc(OCC(=O)OCC(=O)c2cc(C)n(C(C)C)c2C)c(C)c1. The van der Waals surface area contributed by atoms with Gasteiger partial charge in [-0.25, -0.2) is 4.79 Å². The smallest absolute Gasteiger partial charge is 0.344 e. The van der Waals surface area contributed by atoms with Gasteiger partial charge >= 0.3 is 5.97 Å². The van der Waals surface area contributed by atoms with Gasteiger partial charge in [-0.05, 0) is 59.2 Å². The van der Waals surface area contributed by atoms with E-state index < -0.39 is 5.97 Å². The predicted molar refractivity (Wildman–Crippen MR) is 101 cm³/mol. The van der Waals surface area contributed by atoms with Crippen molar-refractivity contribution in [2.24, 2.45) is 0 Å². The molecule has 1 aromatic heterocycles. The van der Waals surface area contributed by atoms with Gasteiger partial charge in [-0.3, -0.25) is 4.79 Å². The van der Waals surface area contributed by atoms with Crippen LogP contribution in [-0.4, -0.2) is 29.5 Å². The molecule has 140 valence electrons. The number of carbonyl (C=O) groups excluding carboxylic acids is 2. The Balaban J connectivity index is 1.91. The maximum Gasteiger partial charge on any atom is 0.344 e. The van der Waals surface area contributed by atoms with E-state index in [2.05, 4.69) is 18.4 Å². The van der Waals surface area contributed by atoms with Crippen LogP contribution in [0, 0.1) is 27.7 Å².